The summed E-state index contributed by atoms with van der Waals surface area (Å²) >= 11 is 0. The van der Waals surface area contributed by atoms with Gasteiger partial charge in [0.2, 0.25) is 5.95 Å². The average Bonchev–Trinajstić information content (AvgIpc) is 3.00. The van der Waals surface area contributed by atoms with Gasteiger partial charge in [-0.2, -0.15) is 0 Å². The highest BCUT2D eigenvalue weighted by Crippen LogP contribution is 2.40. The molecule has 0 radical (unpaired) electrons. The molecule has 0 unspecified atom stereocenters. The summed E-state index contributed by atoms with van der Waals surface area (Å²) in [4.78, 5) is 34.8. The van der Waals surface area contributed by atoms with Crippen molar-refractivity contribution < 1.29 is 19.1 Å². The lowest BCUT2D eigenvalue weighted by molar-refractivity contribution is -0.132. The van der Waals surface area contributed by atoms with Crippen LogP contribution in [0.4, 0.5) is 10.3 Å². The van der Waals surface area contributed by atoms with Gasteiger partial charge in [-0.25, -0.2) is 14.4 Å². The number of carbonyl (C=O) groups excluding carboxylic acids is 2. The summed E-state index contributed by atoms with van der Waals surface area (Å²) in [7, 11) is 0. The van der Waals surface area contributed by atoms with E-state index in [0.717, 1.165) is 4.90 Å². The summed E-state index contributed by atoms with van der Waals surface area (Å²) in [5, 5.41) is 10.8. The molecule has 3 aromatic rings. The number of amides is 1. The molecule has 1 atom stereocenters. The number of benzene rings is 2. The molecular weight excluding hydrogens is 361 g/mol. The van der Waals surface area contributed by atoms with Crippen LogP contribution in [0.15, 0.2) is 78.6 Å². The average molecular weight is 375 g/mol. The van der Waals surface area contributed by atoms with Gasteiger partial charge in [-0.1, -0.05) is 42.5 Å². The van der Waals surface area contributed by atoms with Crippen molar-refractivity contribution in [1.82, 2.24) is 9.97 Å². The molecular formula is C21H14FN3O3. The fourth-order valence-electron chi connectivity index (χ4n) is 3.17. The number of Topliss-reactive ketones (excluding diaryl/α,β-unsaturated/α-hetero) is 1. The molecule has 1 N–H and O–H groups in total. The number of halogens is 1. The Bertz CT molecular complexity index is 1070. The first-order valence-electron chi connectivity index (χ1n) is 8.47. The number of aliphatic hydroxyl groups is 1. The van der Waals surface area contributed by atoms with Crippen molar-refractivity contribution in [3.05, 3.63) is 95.6 Å². The van der Waals surface area contributed by atoms with Crippen LogP contribution < -0.4 is 4.90 Å². The van der Waals surface area contributed by atoms with E-state index in [0.29, 0.717) is 11.1 Å². The third-order valence-electron chi connectivity index (χ3n) is 4.45. The molecule has 1 aliphatic rings. The minimum absolute atomic E-state index is 0.0195. The van der Waals surface area contributed by atoms with Crippen LogP contribution >= 0.6 is 0 Å². The summed E-state index contributed by atoms with van der Waals surface area (Å²) in [6, 6.07) is 14.4. The second-order valence-electron chi connectivity index (χ2n) is 6.14. The highest BCUT2D eigenvalue weighted by Gasteiger charge is 2.48. The van der Waals surface area contributed by atoms with Crippen LogP contribution in [-0.4, -0.2) is 26.8 Å². The summed E-state index contributed by atoms with van der Waals surface area (Å²) in [6.45, 7) is 0. The number of aliphatic hydroxyl groups excluding tert-OH is 1. The minimum atomic E-state index is -0.983. The van der Waals surface area contributed by atoms with Crippen molar-refractivity contribution in [2.45, 2.75) is 6.04 Å². The number of ketones is 1. The first-order chi connectivity index (χ1) is 13.6. The number of carbonyl (C=O) groups is 2. The Hall–Kier alpha value is -3.87. The van der Waals surface area contributed by atoms with Crippen LogP contribution in [0.2, 0.25) is 0 Å². The maximum atomic E-state index is 13.4. The van der Waals surface area contributed by atoms with E-state index in [1.165, 1.54) is 36.7 Å². The Balaban J connectivity index is 1.95. The zero-order chi connectivity index (χ0) is 19.7. The molecule has 1 saturated heterocycles. The van der Waals surface area contributed by atoms with Crippen molar-refractivity contribution >= 4 is 23.4 Å². The van der Waals surface area contributed by atoms with Gasteiger partial charge in [0.15, 0.2) is 0 Å². The van der Waals surface area contributed by atoms with Gasteiger partial charge in [0, 0.05) is 18.0 Å². The third-order valence-corrected chi connectivity index (χ3v) is 4.45. The van der Waals surface area contributed by atoms with Crippen LogP contribution in [0, 0.1) is 5.82 Å². The number of hydrogen-bond donors (Lipinski definition) is 1. The van der Waals surface area contributed by atoms with Crippen molar-refractivity contribution in [3.63, 3.8) is 0 Å². The van der Waals surface area contributed by atoms with E-state index >= 15 is 0 Å². The van der Waals surface area contributed by atoms with E-state index in [2.05, 4.69) is 9.97 Å². The maximum absolute atomic E-state index is 13.4. The van der Waals surface area contributed by atoms with Gasteiger partial charge in [-0.3, -0.25) is 14.5 Å². The zero-order valence-electron chi connectivity index (χ0n) is 14.5. The van der Waals surface area contributed by atoms with E-state index < -0.39 is 23.5 Å². The molecule has 1 amide bonds. The van der Waals surface area contributed by atoms with Gasteiger partial charge in [-0.15, -0.1) is 0 Å². The molecule has 2 heterocycles. The van der Waals surface area contributed by atoms with Crippen LogP contribution in [-0.2, 0) is 9.59 Å². The normalized spacial score (nSPS) is 18.5. The number of rotatable bonds is 3. The van der Waals surface area contributed by atoms with Crippen molar-refractivity contribution in [3.8, 4) is 0 Å². The smallest absolute Gasteiger partial charge is 0.302 e. The molecule has 7 heteroatoms. The Morgan fingerprint density at radius 3 is 2.21 bits per heavy atom. The Labute approximate surface area is 159 Å². The molecule has 0 aliphatic carbocycles. The van der Waals surface area contributed by atoms with E-state index in [4.69, 9.17) is 0 Å². The predicted molar refractivity (Wildman–Crippen MR) is 99.7 cm³/mol. The van der Waals surface area contributed by atoms with E-state index in [1.54, 1.807) is 36.4 Å². The van der Waals surface area contributed by atoms with Crippen LogP contribution in [0.5, 0.6) is 0 Å². The number of anilines is 1. The maximum Gasteiger partial charge on any atom is 0.302 e. The second-order valence-corrected chi connectivity index (χ2v) is 6.14. The molecule has 0 bridgehead atoms. The monoisotopic (exact) mass is 375 g/mol. The third kappa shape index (κ3) is 2.92. The van der Waals surface area contributed by atoms with Crippen LogP contribution in [0.1, 0.15) is 17.2 Å². The number of hydrogen-bond acceptors (Lipinski definition) is 5. The van der Waals surface area contributed by atoms with Gasteiger partial charge < -0.3 is 5.11 Å². The van der Waals surface area contributed by atoms with Gasteiger partial charge in [0.1, 0.15) is 11.6 Å². The summed E-state index contributed by atoms with van der Waals surface area (Å²) in [5.41, 5.74) is 0.738. The van der Waals surface area contributed by atoms with Crippen LogP contribution in [0.25, 0.3) is 5.76 Å². The largest absolute Gasteiger partial charge is 0.507 e. The van der Waals surface area contributed by atoms with Crippen molar-refractivity contribution in [2.75, 3.05) is 4.90 Å². The minimum Gasteiger partial charge on any atom is -0.507 e. The van der Waals surface area contributed by atoms with Crippen molar-refractivity contribution in [2.24, 2.45) is 0 Å². The number of nitrogens with zero attached hydrogens (tertiary/aromatic N) is 3. The topological polar surface area (TPSA) is 83.4 Å². The molecule has 1 aliphatic heterocycles. The molecule has 28 heavy (non-hydrogen) atoms. The van der Waals surface area contributed by atoms with Gasteiger partial charge in [0.05, 0.1) is 11.6 Å². The molecule has 4 rings (SSSR count). The van der Waals surface area contributed by atoms with E-state index in [1.807, 2.05) is 0 Å². The van der Waals surface area contributed by atoms with E-state index in [-0.39, 0.29) is 17.3 Å². The highest BCUT2D eigenvalue weighted by atomic mass is 19.1. The summed E-state index contributed by atoms with van der Waals surface area (Å²) in [6.07, 6.45) is 2.89. The Kier molecular flexibility index (Phi) is 4.41. The Morgan fingerprint density at radius 1 is 0.929 bits per heavy atom. The molecule has 0 spiro atoms. The van der Waals surface area contributed by atoms with Gasteiger partial charge in [0.25, 0.3) is 5.78 Å². The zero-order valence-corrected chi connectivity index (χ0v) is 14.5. The molecule has 0 saturated carbocycles. The molecule has 1 fully saturated rings. The standard InChI is InChI=1S/C21H14FN3O3/c22-15-9-7-13(8-10-15)17-16(18(26)14-5-2-1-3-6-14)19(27)20(28)25(17)21-23-11-4-12-24-21/h1-12,17,26H/t17-/m0/s1. The second kappa shape index (κ2) is 7.03. The van der Waals surface area contributed by atoms with Crippen LogP contribution in [0.3, 0.4) is 0 Å². The summed E-state index contributed by atoms with van der Waals surface area (Å²) in [5.74, 6) is -2.47. The SMILES string of the molecule is O=C1C(=O)N(c2ncccn2)[C@@H](c2ccc(F)cc2)C1=C(O)c1ccccc1. The first-order valence-corrected chi connectivity index (χ1v) is 8.47. The fraction of sp³-hybridized carbons (Fsp3) is 0.0476. The lowest BCUT2D eigenvalue weighted by Gasteiger charge is -2.23. The lowest BCUT2D eigenvalue weighted by Crippen LogP contribution is -2.31. The predicted octanol–water partition coefficient (Wildman–Crippen LogP) is 3.24. The van der Waals surface area contributed by atoms with Crippen molar-refractivity contribution in [1.29, 1.82) is 0 Å². The van der Waals surface area contributed by atoms with Gasteiger partial charge in [-0.05, 0) is 23.8 Å². The Morgan fingerprint density at radius 2 is 1.57 bits per heavy atom. The quantitative estimate of drug-likeness (QED) is 0.432. The molecule has 6 nitrogen and oxygen atoms in total. The summed E-state index contributed by atoms with van der Waals surface area (Å²) < 4.78 is 13.4. The van der Waals surface area contributed by atoms with E-state index in [9.17, 15) is 19.1 Å². The first kappa shape index (κ1) is 17.5. The fourth-order valence-corrected chi connectivity index (χ4v) is 3.17. The molecule has 138 valence electrons. The number of aromatic nitrogens is 2. The van der Waals surface area contributed by atoms with Gasteiger partial charge >= 0.3 is 5.91 Å². The lowest BCUT2D eigenvalue weighted by atomic mass is 9.95. The highest BCUT2D eigenvalue weighted by molar-refractivity contribution is 6.51. The molecule has 1 aromatic heterocycles. The molecule has 2 aromatic carbocycles.